The van der Waals surface area contributed by atoms with Crippen LogP contribution in [-0.4, -0.2) is 17.5 Å². The van der Waals surface area contributed by atoms with E-state index < -0.39 is 0 Å². The van der Waals surface area contributed by atoms with Crippen LogP contribution in [0.3, 0.4) is 0 Å². The monoisotopic (exact) mass is 157 g/mol. The summed E-state index contributed by atoms with van der Waals surface area (Å²) in [4.78, 5) is 13.9. The van der Waals surface area contributed by atoms with Crippen molar-refractivity contribution < 1.29 is 4.79 Å². The molecule has 2 nitrogen and oxygen atoms in total. The summed E-state index contributed by atoms with van der Waals surface area (Å²) in [5, 5.41) is 2.20. The van der Waals surface area contributed by atoms with E-state index in [9.17, 15) is 4.79 Å². The van der Waals surface area contributed by atoms with E-state index in [1.807, 2.05) is 0 Å². The van der Waals surface area contributed by atoms with E-state index >= 15 is 0 Å². The molecule has 0 saturated carbocycles. The van der Waals surface area contributed by atoms with Gasteiger partial charge in [-0.3, -0.25) is 0 Å². The van der Waals surface area contributed by atoms with Gasteiger partial charge in [-0.15, -0.1) is 0 Å². The van der Waals surface area contributed by atoms with E-state index in [0.717, 1.165) is 25.5 Å². The van der Waals surface area contributed by atoms with E-state index in [2.05, 4.69) is 29.3 Å². The quantitative estimate of drug-likeness (QED) is 0.346. The third-order valence-corrected chi connectivity index (χ3v) is 1.33. The molecule has 0 aromatic heterocycles. The van der Waals surface area contributed by atoms with Crippen LogP contribution in [0.5, 0.6) is 0 Å². The molecule has 0 aliphatic heterocycles. The number of aliphatic imine (C=N–C) groups is 1. The fraction of sp³-hybridized carbons (Fsp3) is 0.714. The second kappa shape index (κ2) is 6.59. The van der Waals surface area contributed by atoms with Gasteiger partial charge in [0.2, 0.25) is 0 Å². The number of hydrogen-bond donors (Lipinski definition) is 0. The Morgan fingerprint density at radius 2 is 2.50 bits per heavy atom. The molecule has 0 saturated heterocycles. The normalized spacial score (nSPS) is 11.7. The second-order valence-corrected chi connectivity index (χ2v) is 2.25. The van der Waals surface area contributed by atoms with Gasteiger partial charge in [0.1, 0.15) is 12.3 Å². The lowest BCUT2D eigenvalue weighted by molar-refractivity contribution is -0.108. The van der Waals surface area contributed by atoms with E-state index in [0.29, 0.717) is 0 Å². The highest BCUT2D eigenvalue weighted by molar-refractivity contribution is 7.78. The number of carbonyl (C=O) groups excluding carboxylic acids is 1. The van der Waals surface area contributed by atoms with Crippen LogP contribution in [0.25, 0.3) is 0 Å². The summed E-state index contributed by atoms with van der Waals surface area (Å²) in [6.07, 6.45) is 3.71. The highest BCUT2D eigenvalue weighted by Crippen LogP contribution is 2.00. The highest BCUT2D eigenvalue weighted by Gasteiger charge is 2.01. The van der Waals surface area contributed by atoms with Crippen molar-refractivity contribution in [1.82, 2.24) is 0 Å². The van der Waals surface area contributed by atoms with Crippen LogP contribution in [0.4, 0.5) is 0 Å². The maximum Gasteiger partial charge on any atom is 0.145 e. The van der Waals surface area contributed by atoms with Gasteiger partial charge in [-0.1, -0.05) is 19.8 Å². The minimum absolute atomic E-state index is 0.252. The molecule has 0 heterocycles. The first-order valence-corrected chi connectivity index (χ1v) is 3.78. The van der Waals surface area contributed by atoms with Crippen LogP contribution in [0.15, 0.2) is 4.99 Å². The summed E-state index contributed by atoms with van der Waals surface area (Å²) in [5.41, 5.74) is 0. The second-order valence-electron chi connectivity index (χ2n) is 2.07. The van der Waals surface area contributed by atoms with Gasteiger partial charge in [-0.05, 0) is 18.6 Å². The molecular formula is C7H11NOS. The predicted molar refractivity (Wildman–Crippen MR) is 44.4 cm³/mol. The van der Waals surface area contributed by atoms with Crippen LogP contribution in [-0.2, 0) is 4.79 Å². The van der Waals surface area contributed by atoms with Gasteiger partial charge < -0.3 is 4.79 Å². The molecule has 0 fully saturated rings. The van der Waals surface area contributed by atoms with Gasteiger partial charge in [0, 0.05) is 0 Å². The molecular weight excluding hydrogens is 146 g/mol. The van der Waals surface area contributed by atoms with E-state index in [1.165, 1.54) is 0 Å². The number of rotatable bonds is 5. The van der Waals surface area contributed by atoms with Crippen molar-refractivity contribution >= 4 is 23.7 Å². The highest BCUT2D eigenvalue weighted by atomic mass is 32.1. The molecule has 56 valence electrons. The van der Waals surface area contributed by atoms with Crippen molar-refractivity contribution in [2.75, 3.05) is 0 Å². The zero-order valence-electron chi connectivity index (χ0n) is 6.04. The molecule has 0 aliphatic carbocycles. The molecule has 0 radical (unpaired) electrons. The number of unbranched alkanes of at least 4 members (excludes halogenated alkanes) is 1. The van der Waals surface area contributed by atoms with Gasteiger partial charge in [0.25, 0.3) is 0 Å². The third kappa shape index (κ3) is 4.36. The summed E-state index contributed by atoms with van der Waals surface area (Å²) in [5.74, 6) is 0. The first-order valence-electron chi connectivity index (χ1n) is 3.37. The Balaban J connectivity index is 3.60. The molecule has 0 rings (SSSR count). The van der Waals surface area contributed by atoms with Gasteiger partial charge in [-0.2, -0.15) is 0 Å². The summed E-state index contributed by atoms with van der Waals surface area (Å²) < 4.78 is 0. The summed E-state index contributed by atoms with van der Waals surface area (Å²) in [7, 11) is 0. The van der Waals surface area contributed by atoms with Crippen molar-refractivity contribution in [3.63, 3.8) is 0 Å². The number of isothiocyanates is 1. The summed E-state index contributed by atoms with van der Waals surface area (Å²) in [6, 6.07) is -0.252. The Kier molecular flexibility index (Phi) is 6.24. The topological polar surface area (TPSA) is 29.4 Å². The fourth-order valence-corrected chi connectivity index (χ4v) is 0.779. The Bertz CT molecular complexity index is 141. The Hall–Kier alpha value is -0.530. The molecule has 0 aromatic carbocycles. The van der Waals surface area contributed by atoms with E-state index in [-0.39, 0.29) is 6.04 Å². The minimum atomic E-state index is -0.252. The molecule has 10 heavy (non-hydrogen) atoms. The van der Waals surface area contributed by atoms with Crippen molar-refractivity contribution in [2.24, 2.45) is 4.99 Å². The van der Waals surface area contributed by atoms with Gasteiger partial charge in [-0.25, -0.2) is 4.99 Å². The minimum Gasteiger partial charge on any atom is -0.301 e. The Morgan fingerprint density at radius 3 is 2.90 bits per heavy atom. The van der Waals surface area contributed by atoms with Crippen molar-refractivity contribution in [3.05, 3.63) is 0 Å². The number of thiocarbonyl (C=S) groups is 1. The molecule has 0 aromatic rings. The number of nitrogens with zero attached hydrogens (tertiary/aromatic N) is 1. The van der Waals surface area contributed by atoms with Crippen LogP contribution >= 0.6 is 12.2 Å². The fourth-order valence-electron chi connectivity index (χ4n) is 0.644. The first-order chi connectivity index (χ1) is 4.85. The van der Waals surface area contributed by atoms with Gasteiger partial charge in [0.05, 0.1) is 5.16 Å². The Labute approximate surface area is 66.3 Å². The lowest BCUT2D eigenvalue weighted by Gasteiger charge is -1.98. The average molecular weight is 157 g/mol. The maximum absolute atomic E-state index is 10.2. The molecule has 1 atom stereocenters. The molecule has 0 aliphatic rings. The van der Waals surface area contributed by atoms with Crippen molar-refractivity contribution in [3.8, 4) is 0 Å². The first kappa shape index (κ1) is 9.47. The van der Waals surface area contributed by atoms with E-state index in [4.69, 9.17) is 0 Å². The summed E-state index contributed by atoms with van der Waals surface area (Å²) >= 11 is 4.37. The largest absolute Gasteiger partial charge is 0.301 e. The van der Waals surface area contributed by atoms with Crippen LogP contribution in [0.1, 0.15) is 26.2 Å². The molecule has 0 N–H and O–H groups in total. The lowest BCUT2D eigenvalue weighted by Crippen LogP contribution is -2.04. The number of aldehydes is 1. The van der Waals surface area contributed by atoms with Crippen molar-refractivity contribution in [1.29, 1.82) is 0 Å². The van der Waals surface area contributed by atoms with Crippen LogP contribution in [0.2, 0.25) is 0 Å². The zero-order chi connectivity index (χ0) is 7.82. The zero-order valence-corrected chi connectivity index (χ0v) is 6.86. The molecule has 0 spiro atoms. The van der Waals surface area contributed by atoms with Gasteiger partial charge in [0.15, 0.2) is 0 Å². The molecule has 0 amide bonds. The maximum atomic E-state index is 10.2. The van der Waals surface area contributed by atoms with Crippen LogP contribution in [0, 0.1) is 0 Å². The Morgan fingerprint density at radius 1 is 1.80 bits per heavy atom. The summed E-state index contributed by atoms with van der Waals surface area (Å²) in [6.45, 7) is 2.07. The number of carbonyl (C=O) groups is 1. The van der Waals surface area contributed by atoms with Crippen LogP contribution < -0.4 is 0 Å². The predicted octanol–water partition coefficient (Wildman–Crippen LogP) is 1.85. The molecule has 1 unspecified atom stereocenters. The van der Waals surface area contributed by atoms with E-state index in [1.54, 1.807) is 0 Å². The third-order valence-electron chi connectivity index (χ3n) is 1.23. The average Bonchev–Trinajstić information content (AvgIpc) is 1.98. The SMILES string of the molecule is CCCCC(C=O)N=C=S. The molecule has 0 bridgehead atoms. The number of hydrogen-bond acceptors (Lipinski definition) is 3. The smallest absolute Gasteiger partial charge is 0.145 e. The van der Waals surface area contributed by atoms with Gasteiger partial charge >= 0.3 is 0 Å². The lowest BCUT2D eigenvalue weighted by atomic mass is 10.1. The van der Waals surface area contributed by atoms with Crippen molar-refractivity contribution in [2.45, 2.75) is 32.2 Å². The molecule has 3 heteroatoms. The standard InChI is InChI=1S/C7H11NOS/c1-2-3-4-7(5-9)8-6-10/h5,7H,2-4H2,1H3.